The highest BCUT2D eigenvalue weighted by Crippen LogP contribution is 1.90. The predicted molar refractivity (Wildman–Crippen MR) is 45.0 cm³/mol. The third kappa shape index (κ3) is 6.65. The molecular formula is C7H14N4. The van der Waals surface area contributed by atoms with Crippen LogP contribution in [0.15, 0.2) is 4.99 Å². The van der Waals surface area contributed by atoms with E-state index in [1.807, 2.05) is 0 Å². The second-order valence-electron chi connectivity index (χ2n) is 2.15. The number of nitrogens with two attached hydrogens (primary N) is 1. The van der Waals surface area contributed by atoms with Crippen LogP contribution in [0.5, 0.6) is 0 Å². The van der Waals surface area contributed by atoms with Gasteiger partial charge in [-0.25, -0.2) is 0 Å². The summed E-state index contributed by atoms with van der Waals surface area (Å²) in [6.07, 6.45) is 2.50. The number of aliphatic imine (C=N–C) groups is 1. The molecule has 62 valence electrons. The Bertz CT molecular complexity index is 156. The normalized spacial score (nSPS) is 10.7. The fraction of sp³-hybridized carbons (Fsp3) is 0.714. The van der Waals surface area contributed by atoms with Gasteiger partial charge in [0.1, 0.15) is 0 Å². The molecule has 0 aromatic rings. The van der Waals surface area contributed by atoms with E-state index >= 15 is 0 Å². The van der Waals surface area contributed by atoms with Crippen molar-refractivity contribution in [3.63, 3.8) is 0 Å². The van der Waals surface area contributed by atoms with Gasteiger partial charge in [-0.2, -0.15) is 5.26 Å². The molecule has 0 aliphatic carbocycles. The largest absolute Gasteiger partial charge is 0.370 e. The molecule has 0 heterocycles. The van der Waals surface area contributed by atoms with E-state index in [4.69, 9.17) is 11.0 Å². The first-order valence-corrected chi connectivity index (χ1v) is 3.64. The van der Waals surface area contributed by atoms with Gasteiger partial charge in [0.2, 0.25) is 0 Å². The van der Waals surface area contributed by atoms with Crippen molar-refractivity contribution in [1.29, 1.82) is 5.26 Å². The molecule has 0 saturated heterocycles. The maximum Gasteiger partial charge on any atom is 0.188 e. The van der Waals surface area contributed by atoms with Gasteiger partial charge in [-0.15, -0.1) is 0 Å². The molecule has 0 saturated carbocycles. The van der Waals surface area contributed by atoms with E-state index in [-0.39, 0.29) is 0 Å². The molecule has 4 heteroatoms. The third-order valence-corrected chi connectivity index (χ3v) is 1.26. The molecule has 0 spiro atoms. The topological polar surface area (TPSA) is 74.2 Å². The van der Waals surface area contributed by atoms with Crippen LogP contribution in [0.25, 0.3) is 0 Å². The van der Waals surface area contributed by atoms with Crippen molar-refractivity contribution < 1.29 is 0 Å². The Hall–Kier alpha value is -1.24. The first-order chi connectivity index (χ1) is 5.31. The molecule has 3 N–H and O–H groups in total. The molecule has 0 rings (SSSR count). The predicted octanol–water partition coefficient (Wildman–Crippen LogP) is 0.214. The van der Waals surface area contributed by atoms with E-state index in [1.165, 1.54) is 0 Å². The molecular weight excluding hydrogens is 140 g/mol. The van der Waals surface area contributed by atoms with Gasteiger partial charge in [-0.1, -0.05) is 0 Å². The smallest absolute Gasteiger partial charge is 0.188 e. The van der Waals surface area contributed by atoms with E-state index in [2.05, 4.69) is 16.4 Å². The van der Waals surface area contributed by atoms with Crippen molar-refractivity contribution in [3.05, 3.63) is 0 Å². The first kappa shape index (κ1) is 9.76. The number of nitrogens with zero attached hydrogens (tertiary/aromatic N) is 2. The quantitative estimate of drug-likeness (QED) is 0.345. The lowest BCUT2D eigenvalue weighted by atomic mass is 10.2. The summed E-state index contributed by atoms with van der Waals surface area (Å²) in [7, 11) is 1.64. The standard InChI is InChI=1S/C7H14N4/c1-10-7(9)11-6-4-2-3-5-8/h2-4,6H2,1H3,(H3,9,10,11). The minimum absolute atomic E-state index is 0.460. The average molecular weight is 154 g/mol. The van der Waals surface area contributed by atoms with Gasteiger partial charge in [0.05, 0.1) is 6.07 Å². The zero-order valence-electron chi connectivity index (χ0n) is 6.80. The Balaban J connectivity index is 3.10. The van der Waals surface area contributed by atoms with Crippen LogP contribution < -0.4 is 11.1 Å². The van der Waals surface area contributed by atoms with Gasteiger partial charge in [0.25, 0.3) is 0 Å². The van der Waals surface area contributed by atoms with Crippen molar-refractivity contribution in [2.24, 2.45) is 10.7 Å². The van der Waals surface area contributed by atoms with Crippen LogP contribution in [0.3, 0.4) is 0 Å². The Labute approximate surface area is 67.1 Å². The third-order valence-electron chi connectivity index (χ3n) is 1.26. The van der Waals surface area contributed by atoms with Crippen molar-refractivity contribution >= 4 is 5.96 Å². The summed E-state index contributed by atoms with van der Waals surface area (Å²) >= 11 is 0. The highest BCUT2D eigenvalue weighted by molar-refractivity contribution is 5.77. The molecule has 0 atom stereocenters. The second kappa shape index (κ2) is 6.87. The fourth-order valence-electron chi connectivity index (χ4n) is 0.625. The van der Waals surface area contributed by atoms with Crippen molar-refractivity contribution in [2.75, 3.05) is 13.6 Å². The molecule has 0 radical (unpaired) electrons. The summed E-state index contributed by atoms with van der Waals surface area (Å²) in [5.74, 6) is 0.460. The van der Waals surface area contributed by atoms with Gasteiger partial charge >= 0.3 is 0 Å². The SMILES string of the molecule is CN=C(N)NCCCCC#N. The van der Waals surface area contributed by atoms with Crippen LogP contribution >= 0.6 is 0 Å². The Kier molecular flexibility index (Phi) is 6.10. The molecule has 0 fully saturated rings. The monoisotopic (exact) mass is 154 g/mol. The van der Waals surface area contributed by atoms with Gasteiger partial charge in [-0.05, 0) is 12.8 Å². The van der Waals surface area contributed by atoms with Crippen LogP contribution in [0.4, 0.5) is 0 Å². The van der Waals surface area contributed by atoms with E-state index in [0.717, 1.165) is 19.4 Å². The first-order valence-electron chi connectivity index (χ1n) is 3.64. The number of nitriles is 1. The van der Waals surface area contributed by atoms with Gasteiger partial charge in [0.15, 0.2) is 5.96 Å². The van der Waals surface area contributed by atoms with Crippen LogP contribution in [-0.2, 0) is 0 Å². The van der Waals surface area contributed by atoms with Gasteiger partial charge in [-0.3, -0.25) is 4.99 Å². The Morgan fingerprint density at radius 2 is 2.36 bits per heavy atom. The number of nitrogens with one attached hydrogen (secondary N) is 1. The lowest BCUT2D eigenvalue weighted by Gasteiger charge is -2.01. The zero-order chi connectivity index (χ0) is 8.53. The second-order valence-corrected chi connectivity index (χ2v) is 2.15. The summed E-state index contributed by atoms with van der Waals surface area (Å²) in [4.78, 5) is 3.72. The lowest BCUT2D eigenvalue weighted by molar-refractivity contribution is 0.720. The average Bonchev–Trinajstić information content (AvgIpc) is 2.04. The molecule has 0 aliphatic rings. The molecule has 0 unspecified atom stereocenters. The van der Waals surface area contributed by atoms with Crippen molar-refractivity contribution in [3.8, 4) is 6.07 Å². The van der Waals surface area contributed by atoms with Crippen LogP contribution in [0.1, 0.15) is 19.3 Å². The summed E-state index contributed by atoms with van der Waals surface area (Å²) in [5, 5.41) is 11.1. The molecule has 0 aliphatic heterocycles. The number of rotatable bonds is 4. The zero-order valence-corrected chi connectivity index (χ0v) is 6.80. The van der Waals surface area contributed by atoms with E-state index in [1.54, 1.807) is 7.05 Å². The number of unbranched alkanes of at least 4 members (excludes halogenated alkanes) is 2. The van der Waals surface area contributed by atoms with E-state index < -0.39 is 0 Å². The molecule has 0 aromatic carbocycles. The fourth-order valence-corrected chi connectivity index (χ4v) is 0.625. The number of guanidine groups is 1. The van der Waals surface area contributed by atoms with Crippen molar-refractivity contribution in [2.45, 2.75) is 19.3 Å². The summed E-state index contributed by atoms with van der Waals surface area (Å²) in [6, 6.07) is 2.08. The highest BCUT2D eigenvalue weighted by atomic mass is 15.1. The van der Waals surface area contributed by atoms with Crippen LogP contribution in [0.2, 0.25) is 0 Å². The highest BCUT2D eigenvalue weighted by Gasteiger charge is 1.88. The summed E-state index contributed by atoms with van der Waals surface area (Å²) in [5.41, 5.74) is 5.36. The Morgan fingerprint density at radius 3 is 2.91 bits per heavy atom. The van der Waals surface area contributed by atoms with E-state index in [0.29, 0.717) is 12.4 Å². The minimum atomic E-state index is 0.460. The molecule has 0 bridgehead atoms. The number of hydrogen-bond acceptors (Lipinski definition) is 2. The van der Waals surface area contributed by atoms with Gasteiger partial charge < -0.3 is 11.1 Å². The lowest BCUT2D eigenvalue weighted by Crippen LogP contribution is -2.31. The molecule has 0 aromatic heterocycles. The van der Waals surface area contributed by atoms with Crippen LogP contribution in [-0.4, -0.2) is 19.6 Å². The summed E-state index contributed by atoms with van der Waals surface area (Å²) < 4.78 is 0. The number of hydrogen-bond donors (Lipinski definition) is 2. The molecule has 4 nitrogen and oxygen atoms in total. The maximum absolute atomic E-state index is 8.20. The minimum Gasteiger partial charge on any atom is -0.370 e. The van der Waals surface area contributed by atoms with Crippen molar-refractivity contribution in [1.82, 2.24) is 5.32 Å². The molecule has 0 amide bonds. The van der Waals surface area contributed by atoms with Crippen LogP contribution in [0, 0.1) is 11.3 Å². The molecule has 11 heavy (non-hydrogen) atoms. The summed E-state index contributed by atoms with van der Waals surface area (Å²) in [6.45, 7) is 0.796. The Morgan fingerprint density at radius 1 is 1.64 bits per heavy atom. The van der Waals surface area contributed by atoms with Gasteiger partial charge in [0, 0.05) is 20.0 Å². The van der Waals surface area contributed by atoms with E-state index in [9.17, 15) is 0 Å². The maximum atomic E-state index is 8.20.